The molecule has 0 amide bonds. The lowest BCUT2D eigenvalue weighted by molar-refractivity contribution is 0.498. The van der Waals surface area contributed by atoms with Gasteiger partial charge in [0.15, 0.2) is 5.82 Å². The fourth-order valence-electron chi connectivity index (χ4n) is 2.73. The van der Waals surface area contributed by atoms with Gasteiger partial charge in [-0.25, -0.2) is 0 Å². The van der Waals surface area contributed by atoms with E-state index in [-0.39, 0.29) is 0 Å². The smallest absolute Gasteiger partial charge is 0.153 e. The van der Waals surface area contributed by atoms with Crippen molar-refractivity contribution >= 4 is 17.4 Å². The van der Waals surface area contributed by atoms with E-state index in [9.17, 15) is 0 Å². The Morgan fingerprint density at radius 2 is 2.10 bits per heavy atom. The van der Waals surface area contributed by atoms with Crippen LogP contribution >= 0.6 is 11.6 Å². The zero-order valence-corrected chi connectivity index (χ0v) is 12.3. The van der Waals surface area contributed by atoms with Crippen LogP contribution in [0.5, 0.6) is 0 Å². The molecule has 2 aromatic rings. The van der Waals surface area contributed by atoms with Gasteiger partial charge in [0, 0.05) is 35.3 Å². The van der Waals surface area contributed by atoms with Crippen molar-refractivity contribution in [1.82, 2.24) is 10.2 Å². The van der Waals surface area contributed by atoms with Crippen molar-refractivity contribution in [2.75, 3.05) is 18.0 Å². The molecule has 5 heteroatoms. The van der Waals surface area contributed by atoms with Gasteiger partial charge in [-0.1, -0.05) is 23.7 Å². The van der Waals surface area contributed by atoms with Gasteiger partial charge in [-0.05, 0) is 31.9 Å². The minimum Gasteiger partial charge on any atom is -0.355 e. The largest absolute Gasteiger partial charge is 0.355 e. The van der Waals surface area contributed by atoms with Crippen LogP contribution in [0.15, 0.2) is 24.3 Å². The molecule has 1 aromatic heterocycles. The molecule has 106 valence electrons. The van der Waals surface area contributed by atoms with E-state index < -0.39 is 0 Å². The fourth-order valence-corrected chi connectivity index (χ4v) is 2.92. The summed E-state index contributed by atoms with van der Waals surface area (Å²) >= 11 is 6.06. The standard InChI is InChI=1S/C15H19ClN4/c1-10-14(11-3-2-4-12(16)9-11)18-19-15(10)20-7-5-13(17)6-8-20/h2-4,9,13H,5-8,17H2,1H3,(H,18,19). The first-order valence-electron chi connectivity index (χ1n) is 6.96. The molecule has 1 fully saturated rings. The second-order valence-electron chi connectivity index (χ2n) is 5.38. The van der Waals surface area contributed by atoms with Crippen molar-refractivity contribution in [3.05, 3.63) is 34.9 Å². The summed E-state index contributed by atoms with van der Waals surface area (Å²) in [7, 11) is 0. The number of benzene rings is 1. The summed E-state index contributed by atoms with van der Waals surface area (Å²) in [6.07, 6.45) is 2.05. The number of aromatic amines is 1. The molecule has 0 radical (unpaired) electrons. The van der Waals surface area contributed by atoms with Crippen LogP contribution in [0.1, 0.15) is 18.4 Å². The molecule has 2 heterocycles. The summed E-state index contributed by atoms with van der Waals surface area (Å²) < 4.78 is 0. The van der Waals surface area contributed by atoms with Gasteiger partial charge in [0.05, 0.1) is 5.69 Å². The number of rotatable bonds is 2. The average molecular weight is 291 g/mol. The molecule has 1 aromatic carbocycles. The van der Waals surface area contributed by atoms with Crippen LogP contribution in [0.3, 0.4) is 0 Å². The summed E-state index contributed by atoms with van der Waals surface area (Å²) in [5, 5.41) is 8.37. The number of halogens is 1. The van der Waals surface area contributed by atoms with Gasteiger partial charge in [0.25, 0.3) is 0 Å². The van der Waals surface area contributed by atoms with Crippen LogP contribution < -0.4 is 10.6 Å². The molecule has 0 bridgehead atoms. The molecule has 0 atom stereocenters. The first-order valence-corrected chi connectivity index (χ1v) is 7.34. The maximum atomic E-state index is 6.06. The van der Waals surface area contributed by atoms with Gasteiger partial charge in [-0.2, -0.15) is 5.10 Å². The lowest BCUT2D eigenvalue weighted by atomic mass is 10.0. The third-order valence-corrected chi connectivity index (χ3v) is 4.17. The first kappa shape index (κ1) is 13.5. The number of nitrogens with zero attached hydrogens (tertiary/aromatic N) is 2. The van der Waals surface area contributed by atoms with E-state index in [1.54, 1.807) is 0 Å². The fraction of sp³-hybridized carbons (Fsp3) is 0.400. The number of aromatic nitrogens is 2. The van der Waals surface area contributed by atoms with Crippen molar-refractivity contribution in [1.29, 1.82) is 0 Å². The Kier molecular flexibility index (Phi) is 3.68. The highest BCUT2D eigenvalue weighted by Crippen LogP contribution is 2.30. The normalized spacial score (nSPS) is 16.6. The van der Waals surface area contributed by atoms with Crippen molar-refractivity contribution in [3.63, 3.8) is 0 Å². The Bertz CT molecular complexity index is 600. The molecule has 0 aliphatic carbocycles. The number of H-pyrrole nitrogens is 1. The number of nitrogens with one attached hydrogen (secondary N) is 1. The SMILES string of the molecule is Cc1c(N2CCC(N)CC2)n[nH]c1-c1cccc(Cl)c1. The van der Waals surface area contributed by atoms with Gasteiger partial charge in [-0.15, -0.1) is 0 Å². The number of nitrogens with two attached hydrogens (primary N) is 1. The first-order chi connectivity index (χ1) is 9.65. The summed E-state index contributed by atoms with van der Waals surface area (Å²) in [6.45, 7) is 4.05. The highest BCUT2D eigenvalue weighted by molar-refractivity contribution is 6.30. The minimum absolute atomic E-state index is 0.331. The molecular formula is C15H19ClN4. The molecule has 3 rings (SSSR count). The summed E-state index contributed by atoms with van der Waals surface area (Å²) in [5.74, 6) is 1.03. The third-order valence-electron chi connectivity index (χ3n) is 3.94. The zero-order chi connectivity index (χ0) is 14.1. The van der Waals surface area contributed by atoms with E-state index in [2.05, 4.69) is 22.0 Å². The van der Waals surface area contributed by atoms with Gasteiger partial charge in [-0.3, -0.25) is 5.10 Å². The van der Waals surface area contributed by atoms with Crippen molar-refractivity contribution < 1.29 is 0 Å². The Morgan fingerprint density at radius 3 is 2.80 bits per heavy atom. The maximum Gasteiger partial charge on any atom is 0.153 e. The van der Waals surface area contributed by atoms with Crippen LogP contribution in [-0.2, 0) is 0 Å². The van der Waals surface area contributed by atoms with Crippen LogP contribution in [0.2, 0.25) is 5.02 Å². The second-order valence-corrected chi connectivity index (χ2v) is 5.82. The predicted octanol–water partition coefficient (Wildman–Crippen LogP) is 2.97. The Morgan fingerprint density at radius 1 is 1.35 bits per heavy atom. The van der Waals surface area contributed by atoms with Gasteiger partial charge in [0.1, 0.15) is 0 Å². The molecule has 4 nitrogen and oxygen atoms in total. The average Bonchev–Trinajstić information content (AvgIpc) is 2.82. The number of anilines is 1. The monoisotopic (exact) mass is 290 g/mol. The molecule has 1 aliphatic heterocycles. The van der Waals surface area contributed by atoms with Crippen molar-refractivity contribution in [2.24, 2.45) is 5.73 Å². The van der Waals surface area contributed by atoms with E-state index >= 15 is 0 Å². The molecule has 0 saturated carbocycles. The van der Waals surface area contributed by atoms with Crippen molar-refractivity contribution in [2.45, 2.75) is 25.8 Å². The quantitative estimate of drug-likeness (QED) is 0.894. The molecule has 0 spiro atoms. The van der Waals surface area contributed by atoms with Crippen LogP contribution in [0, 0.1) is 6.92 Å². The molecule has 1 saturated heterocycles. The van der Waals surface area contributed by atoms with Gasteiger partial charge >= 0.3 is 0 Å². The number of hydrogen-bond acceptors (Lipinski definition) is 3. The summed E-state index contributed by atoms with van der Waals surface area (Å²) in [4.78, 5) is 2.31. The van der Waals surface area contributed by atoms with E-state index in [1.807, 2.05) is 24.3 Å². The second kappa shape index (κ2) is 5.46. The molecule has 20 heavy (non-hydrogen) atoms. The van der Waals surface area contributed by atoms with Gasteiger partial charge in [0.2, 0.25) is 0 Å². The Balaban J connectivity index is 1.89. The lowest BCUT2D eigenvalue weighted by Crippen LogP contribution is -2.40. The lowest BCUT2D eigenvalue weighted by Gasteiger charge is -2.30. The molecule has 3 N–H and O–H groups in total. The van der Waals surface area contributed by atoms with Crippen LogP contribution in [0.4, 0.5) is 5.82 Å². The highest BCUT2D eigenvalue weighted by Gasteiger charge is 2.21. The van der Waals surface area contributed by atoms with Gasteiger partial charge < -0.3 is 10.6 Å². The van der Waals surface area contributed by atoms with E-state index in [1.165, 1.54) is 5.56 Å². The molecule has 0 unspecified atom stereocenters. The number of hydrogen-bond donors (Lipinski definition) is 2. The minimum atomic E-state index is 0.331. The number of piperidine rings is 1. The van der Waals surface area contributed by atoms with Crippen LogP contribution in [-0.4, -0.2) is 29.3 Å². The highest BCUT2D eigenvalue weighted by atomic mass is 35.5. The van der Waals surface area contributed by atoms with E-state index in [4.69, 9.17) is 17.3 Å². The third kappa shape index (κ3) is 2.53. The predicted molar refractivity (Wildman–Crippen MR) is 83.2 cm³/mol. The van der Waals surface area contributed by atoms with E-state index in [0.717, 1.165) is 48.0 Å². The van der Waals surface area contributed by atoms with E-state index in [0.29, 0.717) is 6.04 Å². The van der Waals surface area contributed by atoms with Crippen LogP contribution in [0.25, 0.3) is 11.3 Å². The molecular weight excluding hydrogens is 272 g/mol. The maximum absolute atomic E-state index is 6.06. The zero-order valence-electron chi connectivity index (χ0n) is 11.6. The Hall–Kier alpha value is -1.52. The summed E-state index contributed by atoms with van der Waals surface area (Å²) in [6, 6.07) is 8.17. The Labute approximate surface area is 123 Å². The van der Waals surface area contributed by atoms with Crippen molar-refractivity contribution in [3.8, 4) is 11.3 Å². The molecule has 1 aliphatic rings. The summed E-state index contributed by atoms with van der Waals surface area (Å²) in [5.41, 5.74) is 9.24. The topological polar surface area (TPSA) is 57.9 Å².